The summed E-state index contributed by atoms with van der Waals surface area (Å²) in [6, 6.07) is 0. The van der Waals surface area contributed by atoms with E-state index in [1.807, 2.05) is 20.8 Å². The van der Waals surface area contributed by atoms with Crippen LogP contribution in [-0.4, -0.2) is 29.6 Å². The van der Waals surface area contributed by atoms with Gasteiger partial charge in [-0.1, -0.05) is 74.4 Å². The monoisotopic (exact) mass is 227 g/mol. The molecule has 1 heteroatoms. The predicted octanol–water partition coefficient (Wildman–Crippen LogP) is 4.86. The van der Waals surface area contributed by atoms with Crippen molar-refractivity contribution in [2.45, 2.75) is 20.8 Å². The van der Waals surface area contributed by atoms with Crippen LogP contribution >= 0.6 is 0 Å². The molecule has 0 aliphatic rings. The summed E-state index contributed by atoms with van der Waals surface area (Å²) in [6.45, 7) is 26.8. The molecule has 0 N–H and O–H groups in total. The number of hydrogen-bond acceptors (Lipinski definition) is 0. The van der Waals surface area contributed by atoms with Gasteiger partial charge in [-0.05, 0) is 20.8 Å². The molecule has 0 nitrogen and oxygen atoms in total. The van der Waals surface area contributed by atoms with Crippen LogP contribution in [0.4, 0.5) is 0 Å². The van der Waals surface area contributed by atoms with Crippen molar-refractivity contribution in [3.63, 3.8) is 0 Å². The summed E-state index contributed by atoms with van der Waals surface area (Å²) in [5.41, 5.74) is 3.06. The second-order valence-corrected chi connectivity index (χ2v) is 3.15. The van der Waals surface area contributed by atoms with Crippen LogP contribution in [0.3, 0.4) is 0 Å². The van der Waals surface area contributed by atoms with Crippen molar-refractivity contribution in [3.05, 3.63) is 74.4 Å². The Balaban J connectivity index is -0.0000000655. The van der Waals surface area contributed by atoms with Crippen molar-refractivity contribution in [1.29, 1.82) is 0 Å². The summed E-state index contributed by atoms with van der Waals surface area (Å²) in [5.74, 6) is 0. The van der Waals surface area contributed by atoms with E-state index in [0.29, 0.717) is 0 Å². The van der Waals surface area contributed by atoms with E-state index in [1.165, 1.54) is 0 Å². The molecule has 0 heterocycles. The van der Waals surface area contributed by atoms with Gasteiger partial charge in [0.2, 0.25) is 0 Å². The number of hydrogen-bond donors (Lipinski definition) is 0. The van der Waals surface area contributed by atoms with Gasteiger partial charge in [0, 0.05) is 29.6 Å². The van der Waals surface area contributed by atoms with Crippen LogP contribution in [0.25, 0.3) is 0 Å². The van der Waals surface area contributed by atoms with E-state index in [2.05, 4.69) is 39.5 Å². The summed E-state index contributed by atoms with van der Waals surface area (Å²) >= 11 is 0. The quantitative estimate of drug-likeness (QED) is 0.477. The van der Waals surface area contributed by atoms with Crippen molar-refractivity contribution in [2.24, 2.45) is 0 Å². The predicted molar refractivity (Wildman–Crippen MR) is 80.8 cm³/mol. The summed E-state index contributed by atoms with van der Waals surface area (Å²) < 4.78 is 0. The summed E-state index contributed by atoms with van der Waals surface area (Å²) in [4.78, 5) is 0. The van der Waals surface area contributed by atoms with Gasteiger partial charge in [0.1, 0.15) is 0 Å². The Kier molecular flexibility index (Phi) is 30.6. The molecule has 0 unspecified atom stereocenters. The molecule has 0 aromatic carbocycles. The molecule has 0 aromatic heterocycles. The third-order valence-electron chi connectivity index (χ3n) is 1.05. The molecule has 0 aliphatic carbocycles. The molecule has 16 heavy (non-hydrogen) atoms. The first-order chi connectivity index (χ1) is 6.81. The third-order valence-corrected chi connectivity index (χ3v) is 1.05. The fourth-order valence-corrected chi connectivity index (χ4v) is 0. The van der Waals surface area contributed by atoms with E-state index < -0.39 is 0 Å². The first-order valence-electron chi connectivity index (χ1n) is 4.65. The second-order valence-electron chi connectivity index (χ2n) is 3.15. The van der Waals surface area contributed by atoms with Crippen LogP contribution < -0.4 is 0 Å². The van der Waals surface area contributed by atoms with Gasteiger partial charge in [-0.15, -0.1) is 0 Å². The molecule has 0 aliphatic heterocycles. The Hall–Kier alpha value is -0.560. The van der Waals surface area contributed by atoms with E-state index in [0.717, 1.165) is 16.7 Å². The second kappa shape index (κ2) is 19.9. The van der Waals surface area contributed by atoms with Gasteiger partial charge >= 0.3 is 0 Å². The maximum Gasteiger partial charge on any atom is 0 e. The van der Waals surface area contributed by atoms with Gasteiger partial charge in [0.05, 0.1) is 0 Å². The van der Waals surface area contributed by atoms with Gasteiger partial charge in [-0.25, -0.2) is 0 Å². The van der Waals surface area contributed by atoms with E-state index in [9.17, 15) is 0 Å². The molecule has 1 radical (unpaired) electrons. The van der Waals surface area contributed by atoms with E-state index in [1.54, 1.807) is 18.2 Å². The molecule has 0 spiro atoms. The van der Waals surface area contributed by atoms with Crippen molar-refractivity contribution in [2.75, 3.05) is 0 Å². The molecule has 0 bridgehead atoms. The van der Waals surface area contributed by atoms with Gasteiger partial charge in [-0.2, -0.15) is 0 Å². The van der Waals surface area contributed by atoms with Gasteiger partial charge in [-0.3, -0.25) is 0 Å². The molecule has 0 fully saturated rings. The minimum absolute atomic E-state index is 0. The Morgan fingerprint density at radius 1 is 0.625 bits per heavy atom. The molecule has 0 saturated heterocycles. The first-order valence-corrected chi connectivity index (χ1v) is 4.65. The van der Waals surface area contributed by atoms with Crippen molar-refractivity contribution < 1.29 is 0 Å². The van der Waals surface area contributed by atoms with Crippen LogP contribution in [0.2, 0.25) is 0 Å². The van der Waals surface area contributed by atoms with Gasteiger partial charge < -0.3 is 0 Å². The Bertz CT molecular complexity index is 201. The summed E-state index contributed by atoms with van der Waals surface area (Å²) in [6.07, 6.45) is 5.17. The maximum absolute atomic E-state index is 3.56. The van der Waals surface area contributed by atoms with Crippen molar-refractivity contribution in [1.82, 2.24) is 0 Å². The topological polar surface area (TPSA) is 0 Å². The van der Waals surface area contributed by atoms with E-state index >= 15 is 0 Å². The minimum atomic E-state index is 0. The van der Waals surface area contributed by atoms with Crippen LogP contribution in [0, 0.1) is 0 Å². The molecule has 0 atom stereocenters. The van der Waals surface area contributed by atoms with Crippen LogP contribution in [-0.2, 0) is 0 Å². The molecular formula is C15H24Na. The largest absolute Gasteiger partial charge is 0.0988 e. The Morgan fingerprint density at radius 3 is 0.688 bits per heavy atom. The van der Waals surface area contributed by atoms with Gasteiger partial charge in [0.15, 0.2) is 0 Å². The molecule has 85 valence electrons. The Labute approximate surface area is 124 Å². The van der Waals surface area contributed by atoms with E-state index in [-0.39, 0.29) is 29.6 Å². The fourth-order valence-electron chi connectivity index (χ4n) is 0. The molecule has 0 amide bonds. The number of rotatable bonds is 3. The molecule has 0 aromatic rings. The normalized spacial score (nSPS) is 6.19. The SMILES string of the molecule is C=CC(=C)C.C=CC(=C)C.C=CC(=C)C.[Na]. The average molecular weight is 227 g/mol. The standard InChI is InChI=1S/3C5H8.Na/c3*1-4-5(2)3;/h3*4H,1-2H2,3H3;. The first kappa shape index (κ1) is 24.6. The summed E-state index contributed by atoms with van der Waals surface area (Å²) in [7, 11) is 0. The summed E-state index contributed by atoms with van der Waals surface area (Å²) in [5, 5.41) is 0. The Morgan fingerprint density at radius 2 is 0.688 bits per heavy atom. The maximum atomic E-state index is 3.56. The van der Waals surface area contributed by atoms with Crippen LogP contribution in [0.1, 0.15) is 20.8 Å². The van der Waals surface area contributed by atoms with Crippen LogP contribution in [0.5, 0.6) is 0 Å². The van der Waals surface area contributed by atoms with Crippen LogP contribution in [0.15, 0.2) is 74.4 Å². The fraction of sp³-hybridized carbons (Fsp3) is 0.200. The molecule has 0 rings (SSSR count). The van der Waals surface area contributed by atoms with Crippen molar-refractivity contribution >= 4 is 29.6 Å². The molecular weight excluding hydrogens is 203 g/mol. The third kappa shape index (κ3) is 70.3. The average Bonchev–Trinajstić information content (AvgIpc) is 2.19. The zero-order chi connectivity index (χ0) is 12.9. The van der Waals surface area contributed by atoms with Gasteiger partial charge in [0.25, 0.3) is 0 Å². The van der Waals surface area contributed by atoms with E-state index in [4.69, 9.17) is 0 Å². The zero-order valence-corrected chi connectivity index (χ0v) is 13.5. The molecule has 0 saturated carbocycles. The van der Waals surface area contributed by atoms with Crippen molar-refractivity contribution in [3.8, 4) is 0 Å². The smallest absolute Gasteiger partial charge is 0 e. The zero-order valence-electron chi connectivity index (χ0n) is 11.5. The number of allylic oxidation sites excluding steroid dienone is 6. The minimum Gasteiger partial charge on any atom is -0.0988 e.